The van der Waals surface area contributed by atoms with Crippen LogP contribution in [0.1, 0.15) is 31.8 Å². The number of carbonyl (C=O) groups excluding carboxylic acids is 2. The van der Waals surface area contributed by atoms with Gasteiger partial charge in [0, 0.05) is 22.4 Å². The highest BCUT2D eigenvalue weighted by atomic mass is 16.7. The number of anilines is 1. The van der Waals surface area contributed by atoms with Crippen molar-refractivity contribution in [2.24, 2.45) is 5.73 Å². The second-order valence-electron chi connectivity index (χ2n) is 8.30. The van der Waals surface area contributed by atoms with E-state index in [0.29, 0.717) is 39.4 Å². The Labute approximate surface area is 213 Å². The lowest BCUT2D eigenvalue weighted by atomic mass is 9.94. The molecule has 0 aliphatic carbocycles. The second kappa shape index (κ2) is 10.2. The van der Waals surface area contributed by atoms with Gasteiger partial charge in [0.05, 0.1) is 5.56 Å². The first-order valence-electron chi connectivity index (χ1n) is 11.5. The maximum atomic E-state index is 13.3. The Hall–Kier alpha value is -5.11. The van der Waals surface area contributed by atoms with E-state index in [2.05, 4.69) is 5.32 Å². The molecule has 0 saturated heterocycles. The third-order valence-corrected chi connectivity index (χ3v) is 5.86. The first-order valence-corrected chi connectivity index (χ1v) is 11.5. The largest absolute Gasteiger partial charge is 0.457 e. The molecule has 4 aromatic carbocycles. The van der Waals surface area contributed by atoms with Crippen molar-refractivity contribution in [1.29, 1.82) is 5.41 Å². The summed E-state index contributed by atoms with van der Waals surface area (Å²) in [6, 6.07) is 26.3. The molecule has 0 saturated carbocycles. The zero-order chi connectivity index (χ0) is 25.8. The van der Waals surface area contributed by atoms with Crippen LogP contribution in [0.3, 0.4) is 0 Å². The summed E-state index contributed by atoms with van der Waals surface area (Å²) in [5.41, 5.74) is 9.09. The number of amides is 1. The number of fused-ring (bicyclic) bond motifs is 1. The molecule has 5 rings (SSSR count). The van der Waals surface area contributed by atoms with Gasteiger partial charge in [0.15, 0.2) is 11.5 Å². The summed E-state index contributed by atoms with van der Waals surface area (Å²) in [7, 11) is 0. The summed E-state index contributed by atoms with van der Waals surface area (Å²) in [6.07, 6.45) is 0. The van der Waals surface area contributed by atoms with Crippen molar-refractivity contribution in [1.82, 2.24) is 0 Å². The Balaban J connectivity index is 1.48. The van der Waals surface area contributed by atoms with Crippen LogP contribution in [-0.2, 0) is 11.3 Å². The van der Waals surface area contributed by atoms with Crippen LogP contribution in [-0.4, -0.2) is 24.5 Å². The van der Waals surface area contributed by atoms with E-state index >= 15 is 0 Å². The maximum Gasteiger partial charge on any atom is 0.339 e. The van der Waals surface area contributed by atoms with Crippen LogP contribution < -0.4 is 20.5 Å². The summed E-state index contributed by atoms with van der Waals surface area (Å²) in [5.74, 6) is -0.0649. The number of nitrogen functional groups attached to an aromatic ring is 1. The summed E-state index contributed by atoms with van der Waals surface area (Å²) in [4.78, 5) is 26.5. The molecule has 1 heterocycles. The molecule has 1 aliphatic heterocycles. The Morgan fingerprint density at radius 2 is 1.51 bits per heavy atom. The Morgan fingerprint density at radius 1 is 0.838 bits per heavy atom. The predicted molar refractivity (Wildman–Crippen MR) is 139 cm³/mol. The van der Waals surface area contributed by atoms with Gasteiger partial charge in [-0.3, -0.25) is 10.2 Å². The van der Waals surface area contributed by atoms with E-state index in [1.807, 2.05) is 30.3 Å². The fraction of sp³-hybridized carbons (Fsp3) is 0.0690. The van der Waals surface area contributed by atoms with Crippen LogP contribution >= 0.6 is 0 Å². The number of hydrogen-bond acceptors (Lipinski definition) is 6. The third-order valence-electron chi connectivity index (χ3n) is 5.86. The normalized spacial score (nSPS) is 11.6. The lowest BCUT2D eigenvalue weighted by molar-refractivity contribution is 0.0473. The molecule has 1 aliphatic rings. The summed E-state index contributed by atoms with van der Waals surface area (Å²) in [5, 5.41) is 10.4. The van der Waals surface area contributed by atoms with Gasteiger partial charge in [0.25, 0.3) is 5.91 Å². The number of benzene rings is 4. The smallest absolute Gasteiger partial charge is 0.339 e. The Bertz CT molecular complexity index is 1480. The van der Waals surface area contributed by atoms with Crippen molar-refractivity contribution >= 4 is 23.4 Å². The average molecular weight is 494 g/mol. The zero-order valence-corrected chi connectivity index (χ0v) is 19.7. The minimum Gasteiger partial charge on any atom is -0.457 e. The molecule has 8 heteroatoms. The molecule has 4 aromatic rings. The van der Waals surface area contributed by atoms with Crippen LogP contribution in [0, 0.1) is 5.41 Å². The number of nitrogens with one attached hydrogen (secondary N) is 2. The third kappa shape index (κ3) is 5.13. The van der Waals surface area contributed by atoms with Crippen molar-refractivity contribution in [2.45, 2.75) is 6.61 Å². The maximum absolute atomic E-state index is 13.3. The number of rotatable bonds is 7. The molecule has 0 fully saturated rings. The number of amidine groups is 1. The first kappa shape index (κ1) is 23.6. The summed E-state index contributed by atoms with van der Waals surface area (Å²) >= 11 is 0. The Kier molecular flexibility index (Phi) is 6.54. The summed E-state index contributed by atoms with van der Waals surface area (Å²) in [6.45, 7) is 0.141. The number of hydrogen-bond donors (Lipinski definition) is 3. The van der Waals surface area contributed by atoms with Gasteiger partial charge in [-0.2, -0.15) is 0 Å². The van der Waals surface area contributed by atoms with Crippen molar-refractivity contribution in [3.05, 3.63) is 113 Å². The minimum absolute atomic E-state index is 0.0374. The van der Waals surface area contributed by atoms with Crippen LogP contribution in [0.15, 0.2) is 91.0 Å². The predicted octanol–water partition coefficient (Wildman–Crippen LogP) is 4.98. The number of carbonyl (C=O) groups is 2. The van der Waals surface area contributed by atoms with Gasteiger partial charge < -0.3 is 25.3 Å². The van der Waals surface area contributed by atoms with Gasteiger partial charge in [-0.25, -0.2) is 4.79 Å². The van der Waals surface area contributed by atoms with Crippen molar-refractivity contribution in [3.8, 4) is 22.6 Å². The molecular weight excluding hydrogens is 470 g/mol. The first-order chi connectivity index (χ1) is 18.0. The molecule has 0 unspecified atom stereocenters. The van der Waals surface area contributed by atoms with E-state index in [1.54, 1.807) is 60.7 Å². The van der Waals surface area contributed by atoms with Crippen LogP contribution in [0.2, 0.25) is 0 Å². The van der Waals surface area contributed by atoms with E-state index < -0.39 is 5.97 Å². The van der Waals surface area contributed by atoms with E-state index in [9.17, 15) is 9.59 Å². The van der Waals surface area contributed by atoms with Gasteiger partial charge in [0.1, 0.15) is 12.4 Å². The lowest BCUT2D eigenvalue weighted by Gasteiger charge is -2.15. The van der Waals surface area contributed by atoms with Crippen LogP contribution in [0.4, 0.5) is 5.69 Å². The molecule has 1 amide bonds. The van der Waals surface area contributed by atoms with Crippen LogP contribution in [0.5, 0.6) is 11.5 Å². The zero-order valence-electron chi connectivity index (χ0n) is 19.7. The number of nitrogens with two attached hydrogens (primary N) is 1. The molecule has 0 bridgehead atoms. The minimum atomic E-state index is -0.549. The SMILES string of the molecule is N=C(N)c1ccc(NC(=O)c2ccccc2-c2cc3c(cc2C(=O)OCc2ccccc2)OCO3)cc1. The molecule has 0 atom stereocenters. The van der Waals surface area contributed by atoms with E-state index in [0.717, 1.165) is 5.56 Å². The fourth-order valence-corrected chi connectivity index (χ4v) is 3.98. The highest BCUT2D eigenvalue weighted by Crippen LogP contribution is 2.40. The average Bonchev–Trinajstić information content (AvgIpc) is 3.39. The quantitative estimate of drug-likeness (QED) is 0.190. The van der Waals surface area contributed by atoms with Gasteiger partial charge in [-0.1, -0.05) is 48.5 Å². The number of esters is 1. The van der Waals surface area contributed by atoms with Crippen molar-refractivity contribution in [2.75, 3.05) is 12.1 Å². The molecular formula is C29H23N3O5. The lowest BCUT2D eigenvalue weighted by Crippen LogP contribution is -2.15. The van der Waals surface area contributed by atoms with E-state index in [-0.39, 0.29) is 30.7 Å². The van der Waals surface area contributed by atoms with E-state index in [1.165, 1.54) is 0 Å². The van der Waals surface area contributed by atoms with Gasteiger partial charge in [-0.15, -0.1) is 0 Å². The monoisotopic (exact) mass is 493 g/mol. The van der Waals surface area contributed by atoms with Crippen LogP contribution in [0.25, 0.3) is 11.1 Å². The topological polar surface area (TPSA) is 124 Å². The van der Waals surface area contributed by atoms with Gasteiger partial charge in [0.2, 0.25) is 6.79 Å². The summed E-state index contributed by atoms with van der Waals surface area (Å²) < 4.78 is 16.6. The molecule has 37 heavy (non-hydrogen) atoms. The highest BCUT2D eigenvalue weighted by molar-refractivity contribution is 6.11. The molecule has 0 radical (unpaired) electrons. The van der Waals surface area contributed by atoms with Crippen molar-refractivity contribution < 1.29 is 23.8 Å². The Morgan fingerprint density at radius 3 is 2.24 bits per heavy atom. The molecule has 4 N–H and O–H groups in total. The molecule has 184 valence electrons. The standard InChI is InChI=1S/C29H23N3O5/c30-27(31)19-10-12-20(13-11-19)32-28(33)22-9-5-4-8-21(22)23-14-25-26(37-17-36-25)15-24(23)29(34)35-16-18-6-2-1-3-7-18/h1-15H,16-17H2,(H3,30,31)(H,32,33). The van der Waals surface area contributed by atoms with Gasteiger partial charge in [-0.05, 0) is 53.6 Å². The van der Waals surface area contributed by atoms with E-state index in [4.69, 9.17) is 25.4 Å². The number of ether oxygens (including phenoxy) is 3. The fourth-order valence-electron chi connectivity index (χ4n) is 3.98. The second-order valence-corrected chi connectivity index (χ2v) is 8.30. The molecule has 0 aromatic heterocycles. The highest BCUT2D eigenvalue weighted by Gasteiger charge is 2.25. The van der Waals surface area contributed by atoms with Crippen molar-refractivity contribution in [3.63, 3.8) is 0 Å². The van der Waals surface area contributed by atoms with Gasteiger partial charge >= 0.3 is 5.97 Å². The molecule has 8 nitrogen and oxygen atoms in total. The molecule has 0 spiro atoms.